The molecule has 0 bridgehead atoms. The largest absolute Gasteiger partial charge is 0.491 e. The van der Waals surface area contributed by atoms with Gasteiger partial charge in [0, 0.05) is 36.7 Å². The molecule has 0 saturated carbocycles. The Labute approximate surface area is 321 Å². The summed E-state index contributed by atoms with van der Waals surface area (Å²) in [7, 11) is 4.01. The molecule has 5 aromatic rings. The molecule has 0 radical (unpaired) electrons. The first kappa shape index (κ1) is 39.0. The highest BCUT2D eigenvalue weighted by atomic mass is 16.5. The van der Waals surface area contributed by atoms with Gasteiger partial charge >= 0.3 is 6.03 Å². The zero-order chi connectivity index (χ0) is 39.1. The third-order valence-corrected chi connectivity index (χ3v) is 9.91. The maximum absolute atomic E-state index is 13.7. The Balaban J connectivity index is 0.00000166. The van der Waals surface area contributed by atoms with Crippen LogP contribution in [0.3, 0.4) is 0 Å². The number of fused-ring (bicyclic) bond motifs is 2. The first-order valence-corrected chi connectivity index (χ1v) is 18.8. The van der Waals surface area contributed by atoms with Gasteiger partial charge in [0.1, 0.15) is 30.0 Å². The van der Waals surface area contributed by atoms with Gasteiger partial charge in [-0.2, -0.15) is 5.10 Å². The van der Waals surface area contributed by atoms with E-state index in [0.717, 1.165) is 66.5 Å². The Bertz CT molecular complexity index is 2070. The summed E-state index contributed by atoms with van der Waals surface area (Å²) in [5.41, 5.74) is 4.19. The summed E-state index contributed by atoms with van der Waals surface area (Å²) in [6.07, 6.45) is 10.2. The first-order valence-electron chi connectivity index (χ1n) is 18.8. The van der Waals surface area contributed by atoms with E-state index in [-0.39, 0.29) is 30.1 Å². The number of ether oxygens (including phenoxy) is 2. The molecular weight excluding hydrogens is 701 g/mol. The van der Waals surface area contributed by atoms with Crippen LogP contribution in [0.1, 0.15) is 88.8 Å². The van der Waals surface area contributed by atoms with Crippen LogP contribution in [0.25, 0.3) is 11.3 Å². The summed E-state index contributed by atoms with van der Waals surface area (Å²) in [5, 5.41) is 27.1. The van der Waals surface area contributed by atoms with Gasteiger partial charge in [-0.05, 0) is 76.4 Å². The summed E-state index contributed by atoms with van der Waals surface area (Å²) >= 11 is 0. The van der Waals surface area contributed by atoms with Crippen molar-refractivity contribution in [3.05, 3.63) is 83.9 Å². The van der Waals surface area contributed by atoms with Gasteiger partial charge in [-0.3, -0.25) is 19.5 Å². The maximum atomic E-state index is 13.7. The zero-order valence-corrected chi connectivity index (χ0v) is 32.5. The minimum atomic E-state index is -0.315. The van der Waals surface area contributed by atoms with Gasteiger partial charge < -0.3 is 29.7 Å². The molecule has 1 unspecified atom stereocenters. The fourth-order valence-corrected chi connectivity index (χ4v) is 7.00. The highest BCUT2D eigenvalue weighted by Gasteiger charge is 2.31. The summed E-state index contributed by atoms with van der Waals surface area (Å²) in [6, 6.07) is 15.8. The van der Waals surface area contributed by atoms with E-state index in [9.17, 15) is 4.79 Å². The predicted octanol–water partition coefficient (Wildman–Crippen LogP) is 6.40. The molecule has 1 aliphatic carbocycles. The smallest absolute Gasteiger partial charge is 0.320 e. The number of carbonyl (C=O) groups excluding carboxylic acids is 1. The fourth-order valence-electron chi connectivity index (χ4n) is 7.00. The van der Waals surface area contributed by atoms with Gasteiger partial charge in [-0.25, -0.2) is 9.48 Å². The van der Waals surface area contributed by atoms with E-state index >= 15 is 0 Å². The van der Waals surface area contributed by atoms with Gasteiger partial charge in [-0.1, -0.05) is 45.0 Å². The van der Waals surface area contributed by atoms with E-state index < -0.39 is 0 Å². The number of urea groups is 1. The molecule has 1 aliphatic heterocycles. The predicted molar refractivity (Wildman–Crippen MR) is 210 cm³/mol. The summed E-state index contributed by atoms with van der Waals surface area (Å²) < 4.78 is 16.4. The monoisotopic (exact) mass is 752 g/mol. The minimum absolute atomic E-state index is 0.168. The number of piperidine rings is 1. The van der Waals surface area contributed by atoms with Gasteiger partial charge in [0.2, 0.25) is 5.95 Å². The molecule has 3 N–H and O–H groups in total. The van der Waals surface area contributed by atoms with Crippen LogP contribution < -0.4 is 25.0 Å². The van der Waals surface area contributed by atoms with Crippen LogP contribution in [0, 0.1) is 0 Å². The molecule has 1 aromatic carbocycles. The molecule has 7 rings (SSSR count). The maximum Gasteiger partial charge on any atom is 0.320 e. The van der Waals surface area contributed by atoms with E-state index in [0.29, 0.717) is 36.3 Å². The van der Waals surface area contributed by atoms with Crippen molar-refractivity contribution in [3.63, 3.8) is 0 Å². The number of carbonyl (C=O) groups is 2. The second-order valence-corrected chi connectivity index (χ2v) is 15.3. The highest BCUT2D eigenvalue weighted by molar-refractivity contribution is 5.89. The van der Waals surface area contributed by atoms with E-state index in [4.69, 9.17) is 24.5 Å². The molecule has 292 valence electrons. The quantitative estimate of drug-likeness (QED) is 0.135. The number of pyridine rings is 2. The molecule has 0 spiro atoms. The Kier molecular flexibility index (Phi) is 12.2. The minimum Gasteiger partial charge on any atom is -0.491 e. The van der Waals surface area contributed by atoms with E-state index in [1.54, 1.807) is 17.1 Å². The Morgan fingerprint density at radius 2 is 1.80 bits per heavy atom. The van der Waals surface area contributed by atoms with Gasteiger partial charge in [-0.15, -0.1) is 10.2 Å². The third-order valence-electron chi connectivity index (χ3n) is 9.91. The van der Waals surface area contributed by atoms with Crippen LogP contribution in [0.5, 0.6) is 11.5 Å². The van der Waals surface area contributed by atoms with Crippen LogP contribution >= 0.6 is 0 Å². The van der Waals surface area contributed by atoms with Crippen molar-refractivity contribution in [1.29, 1.82) is 0 Å². The number of aromatic nitrogens is 6. The average molecular weight is 753 g/mol. The van der Waals surface area contributed by atoms with E-state index in [1.807, 2.05) is 61.1 Å². The van der Waals surface area contributed by atoms with Crippen molar-refractivity contribution in [2.24, 2.45) is 0 Å². The molecule has 4 aromatic heterocycles. The molecule has 15 heteroatoms. The second kappa shape index (κ2) is 17.2. The van der Waals surface area contributed by atoms with Gasteiger partial charge in [0.25, 0.3) is 6.47 Å². The molecule has 5 heterocycles. The summed E-state index contributed by atoms with van der Waals surface area (Å²) in [6.45, 7) is 10.6. The SMILES string of the molecule is CC1CCCCN1c1nnc2ccc(O[C@@H]3CC[C@H](NC(=O)Nc4cc(C(C)(C)C)nn4-c4cncc(OCCN(C)C)c4)c4ccccc43)cn12.O=CO. The van der Waals surface area contributed by atoms with Crippen LogP contribution in [-0.4, -0.2) is 91.7 Å². The molecule has 2 aliphatic rings. The van der Waals surface area contributed by atoms with Crippen LogP contribution in [0.2, 0.25) is 0 Å². The van der Waals surface area contributed by atoms with E-state index in [1.165, 1.54) is 6.42 Å². The zero-order valence-electron chi connectivity index (χ0n) is 32.5. The lowest BCUT2D eigenvalue weighted by atomic mass is 9.85. The number of rotatable bonds is 10. The van der Waals surface area contributed by atoms with Crippen molar-refractivity contribution in [2.75, 3.05) is 44.0 Å². The molecular formula is C40H52N10O5. The number of likely N-dealkylation sites (N-methyl/N-ethyl adjacent to an activating group) is 1. The van der Waals surface area contributed by atoms with Crippen molar-refractivity contribution in [2.45, 2.75) is 83.4 Å². The van der Waals surface area contributed by atoms with Crippen molar-refractivity contribution in [3.8, 4) is 17.2 Å². The summed E-state index contributed by atoms with van der Waals surface area (Å²) in [5.74, 6) is 2.80. The molecule has 1 saturated heterocycles. The lowest BCUT2D eigenvalue weighted by molar-refractivity contribution is -0.122. The van der Waals surface area contributed by atoms with Crippen molar-refractivity contribution >= 4 is 29.9 Å². The number of benzene rings is 1. The number of nitrogens with one attached hydrogen (secondary N) is 2. The Morgan fingerprint density at radius 1 is 1.02 bits per heavy atom. The average Bonchev–Trinajstić information content (AvgIpc) is 3.78. The van der Waals surface area contributed by atoms with Crippen LogP contribution in [-0.2, 0) is 10.2 Å². The normalized spacial score (nSPS) is 18.2. The lowest BCUT2D eigenvalue weighted by Gasteiger charge is -2.33. The lowest BCUT2D eigenvalue weighted by Crippen LogP contribution is -2.38. The summed E-state index contributed by atoms with van der Waals surface area (Å²) in [4.78, 5) is 30.9. The molecule has 3 atom stereocenters. The van der Waals surface area contributed by atoms with Crippen LogP contribution in [0.4, 0.5) is 16.6 Å². The number of carboxylic acid groups (broad SMARTS) is 1. The van der Waals surface area contributed by atoms with Crippen molar-refractivity contribution in [1.82, 2.24) is 39.6 Å². The van der Waals surface area contributed by atoms with Crippen molar-refractivity contribution < 1.29 is 24.2 Å². The molecule has 55 heavy (non-hydrogen) atoms. The van der Waals surface area contributed by atoms with Gasteiger partial charge in [0.15, 0.2) is 5.65 Å². The highest BCUT2D eigenvalue weighted by Crippen LogP contribution is 2.39. The molecule has 15 nitrogen and oxygen atoms in total. The Morgan fingerprint density at radius 3 is 2.55 bits per heavy atom. The standard InChI is InChI=1S/C39H50N10O3.CH2O2/c1-26-11-9-10-18-47(26)38-44-43-35-17-14-28(25-48(35)38)52-33-16-15-32(30-12-7-8-13-31(30)33)41-37(50)42-36-22-34(39(2,3)4)45-49(36)27-21-29(24-40-23-27)51-20-19-46(5)6;2-1-3/h7-8,12-14,17,21-26,32-33H,9-11,15-16,18-20H2,1-6H3,(H2,41,42,50);1H,(H,2,3)/t26?,32-,33+;/m0./s1. The topological polar surface area (TPSA) is 164 Å². The van der Waals surface area contributed by atoms with Gasteiger partial charge in [0.05, 0.1) is 36.0 Å². The first-order chi connectivity index (χ1) is 26.4. The van der Waals surface area contributed by atoms with E-state index in [2.05, 4.69) is 75.4 Å². The Hall–Kier alpha value is -5.70. The molecule has 2 amide bonds. The van der Waals surface area contributed by atoms with Crippen LogP contribution in [0.15, 0.2) is 67.1 Å². The fraction of sp³-hybridized carbons (Fsp3) is 0.450. The number of nitrogens with zero attached hydrogens (tertiary/aromatic N) is 8. The number of amides is 2. The third kappa shape index (κ3) is 9.34. The number of hydrogen-bond acceptors (Lipinski definition) is 10. The number of hydrogen-bond donors (Lipinski definition) is 3. The molecule has 1 fully saturated rings. The second-order valence-electron chi connectivity index (χ2n) is 15.3. The number of anilines is 2.